The second-order valence-electron chi connectivity index (χ2n) is 5.58. The predicted molar refractivity (Wildman–Crippen MR) is 79.1 cm³/mol. The quantitative estimate of drug-likeness (QED) is 0.593. The highest BCUT2D eigenvalue weighted by Crippen LogP contribution is 2.37. The SMILES string of the molecule is Cc1nn2c(=O)c(-c3cnn(CC(F)(F)C(F)(F)F)c3)c(C(F)(F)F)nc2s1. The molecule has 3 aromatic heterocycles. The first kappa shape index (κ1) is 20.2. The molecule has 0 bridgehead atoms. The summed E-state index contributed by atoms with van der Waals surface area (Å²) in [6, 6.07) is 0. The smallest absolute Gasteiger partial charge is 0.267 e. The van der Waals surface area contributed by atoms with Crippen molar-refractivity contribution in [2.45, 2.75) is 31.7 Å². The summed E-state index contributed by atoms with van der Waals surface area (Å²) in [7, 11) is 0. The number of aryl methyl sites for hydroxylation is 1. The Morgan fingerprint density at radius 1 is 1.11 bits per heavy atom. The molecule has 0 fully saturated rings. The van der Waals surface area contributed by atoms with E-state index in [-0.39, 0.29) is 14.7 Å². The molecule has 0 spiro atoms. The molecule has 0 radical (unpaired) electrons. The highest BCUT2D eigenvalue weighted by molar-refractivity contribution is 7.16. The number of hydrogen-bond donors (Lipinski definition) is 0. The van der Waals surface area contributed by atoms with Gasteiger partial charge in [0.15, 0.2) is 5.69 Å². The van der Waals surface area contributed by atoms with Crippen molar-refractivity contribution in [1.82, 2.24) is 24.4 Å². The van der Waals surface area contributed by atoms with Crippen LogP contribution in [0.4, 0.5) is 35.1 Å². The lowest BCUT2D eigenvalue weighted by molar-refractivity contribution is -0.287. The maximum absolute atomic E-state index is 13.4. The Bertz CT molecular complexity index is 1090. The van der Waals surface area contributed by atoms with Gasteiger partial charge in [-0.2, -0.15) is 49.8 Å². The van der Waals surface area contributed by atoms with Gasteiger partial charge in [-0.05, 0) is 6.92 Å². The van der Waals surface area contributed by atoms with E-state index in [1.165, 1.54) is 6.92 Å². The Balaban J connectivity index is 2.15. The molecule has 152 valence electrons. The molecule has 0 atom stereocenters. The molecule has 3 heterocycles. The second-order valence-corrected chi connectivity index (χ2v) is 6.74. The number of nitrogens with zero attached hydrogens (tertiary/aromatic N) is 5. The van der Waals surface area contributed by atoms with Crippen molar-refractivity contribution in [3.63, 3.8) is 0 Å². The number of fused-ring (bicyclic) bond motifs is 1. The van der Waals surface area contributed by atoms with Crippen LogP contribution in [0.15, 0.2) is 17.2 Å². The lowest BCUT2D eigenvalue weighted by Gasteiger charge is -2.19. The number of halogens is 8. The molecule has 0 aliphatic heterocycles. The second kappa shape index (κ2) is 6.22. The van der Waals surface area contributed by atoms with Gasteiger partial charge in [0.2, 0.25) is 4.96 Å². The average Bonchev–Trinajstić information content (AvgIpc) is 3.10. The highest BCUT2D eigenvalue weighted by Gasteiger charge is 2.57. The molecule has 3 aromatic rings. The van der Waals surface area contributed by atoms with Crippen molar-refractivity contribution in [3.8, 4) is 11.1 Å². The molecule has 0 amide bonds. The zero-order valence-corrected chi connectivity index (χ0v) is 14.3. The van der Waals surface area contributed by atoms with Crippen LogP contribution in [-0.2, 0) is 12.7 Å². The van der Waals surface area contributed by atoms with Crippen molar-refractivity contribution in [3.05, 3.63) is 33.4 Å². The van der Waals surface area contributed by atoms with Crippen LogP contribution >= 0.6 is 11.3 Å². The first-order valence-electron chi connectivity index (χ1n) is 7.16. The van der Waals surface area contributed by atoms with Crippen LogP contribution in [0, 0.1) is 6.92 Å². The van der Waals surface area contributed by atoms with E-state index in [0.29, 0.717) is 28.2 Å². The third-order valence-electron chi connectivity index (χ3n) is 3.48. The van der Waals surface area contributed by atoms with Gasteiger partial charge in [0.05, 0.1) is 11.8 Å². The van der Waals surface area contributed by atoms with Gasteiger partial charge in [0.25, 0.3) is 5.56 Å². The van der Waals surface area contributed by atoms with Crippen LogP contribution in [-0.4, -0.2) is 36.5 Å². The monoisotopic (exact) mass is 433 g/mol. The minimum Gasteiger partial charge on any atom is -0.267 e. The Morgan fingerprint density at radius 2 is 1.75 bits per heavy atom. The van der Waals surface area contributed by atoms with Crippen molar-refractivity contribution >= 4 is 16.3 Å². The Kier molecular flexibility index (Phi) is 4.48. The highest BCUT2D eigenvalue weighted by atomic mass is 32.1. The van der Waals surface area contributed by atoms with Gasteiger partial charge in [0.1, 0.15) is 11.6 Å². The zero-order valence-electron chi connectivity index (χ0n) is 13.4. The molecule has 0 aromatic carbocycles. The molecule has 0 aliphatic rings. The van der Waals surface area contributed by atoms with E-state index in [1.54, 1.807) is 0 Å². The van der Waals surface area contributed by atoms with Crippen molar-refractivity contribution in [2.24, 2.45) is 0 Å². The topological polar surface area (TPSA) is 65.1 Å². The van der Waals surface area contributed by atoms with Crippen LogP contribution in [0.2, 0.25) is 0 Å². The zero-order chi connectivity index (χ0) is 21.1. The summed E-state index contributed by atoms with van der Waals surface area (Å²) in [5.74, 6) is -5.17. The largest absolute Gasteiger partial charge is 0.455 e. The van der Waals surface area contributed by atoms with Crippen LogP contribution in [0.25, 0.3) is 16.1 Å². The van der Waals surface area contributed by atoms with Crippen LogP contribution in [0.1, 0.15) is 10.7 Å². The minimum absolute atomic E-state index is 0.101. The van der Waals surface area contributed by atoms with E-state index < -0.39 is 47.2 Å². The molecular weight excluding hydrogens is 426 g/mol. The average molecular weight is 433 g/mol. The molecule has 0 N–H and O–H groups in total. The summed E-state index contributed by atoms with van der Waals surface area (Å²) < 4.78 is 104. The van der Waals surface area contributed by atoms with Crippen LogP contribution < -0.4 is 5.56 Å². The van der Waals surface area contributed by atoms with Gasteiger partial charge in [-0.25, -0.2) is 4.98 Å². The fourth-order valence-electron chi connectivity index (χ4n) is 2.28. The number of alkyl halides is 8. The lowest BCUT2D eigenvalue weighted by Crippen LogP contribution is -2.40. The fraction of sp³-hybridized carbons (Fsp3) is 0.385. The van der Waals surface area contributed by atoms with Gasteiger partial charge in [-0.15, -0.1) is 0 Å². The summed E-state index contributed by atoms with van der Waals surface area (Å²) in [5.41, 5.74) is -4.56. The summed E-state index contributed by atoms with van der Waals surface area (Å²) in [4.78, 5) is 15.5. The van der Waals surface area contributed by atoms with E-state index in [1.807, 2.05) is 0 Å². The molecular formula is C13H7F8N5OS. The third-order valence-corrected chi connectivity index (χ3v) is 4.30. The molecule has 0 saturated heterocycles. The number of rotatable bonds is 3. The van der Waals surface area contributed by atoms with Gasteiger partial charge in [-0.1, -0.05) is 11.3 Å². The first-order valence-corrected chi connectivity index (χ1v) is 7.97. The van der Waals surface area contributed by atoms with E-state index >= 15 is 0 Å². The Labute approximate surface area is 153 Å². The summed E-state index contributed by atoms with van der Waals surface area (Å²) in [6.07, 6.45) is -9.92. The Morgan fingerprint density at radius 3 is 2.32 bits per heavy atom. The normalized spacial score (nSPS) is 13.5. The predicted octanol–water partition coefficient (Wildman–Crippen LogP) is 3.54. The van der Waals surface area contributed by atoms with Gasteiger partial charge in [-0.3, -0.25) is 9.48 Å². The van der Waals surface area contributed by atoms with Crippen LogP contribution in [0.3, 0.4) is 0 Å². The van der Waals surface area contributed by atoms with Gasteiger partial charge >= 0.3 is 18.3 Å². The summed E-state index contributed by atoms with van der Waals surface area (Å²) in [5, 5.41) is 7.17. The first-order chi connectivity index (χ1) is 12.7. The van der Waals surface area contributed by atoms with Crippen molar-refractivity contribution in [2.75, 3.05) is 0 Å². The molecule has 3 rings (SSSR count). The number of hydrogen-bond acceptors (Lipinski definition) is 5. The summed E-state index contributed by atoms with van der Waals surface area (Å²) >= 11 is 0.712. The van der Waals surface area contributed by atoms with E-state index in [9.17, 15) is 39.9 Å². The fourth-order valence-corrected chi connectivity index (χ4v) is 3.01. The molecule has 0 unspecified atom stereocenters. The van der Waals surface area contributed by atoms with Crippen molar-refractivity contribution < 1.29 is 35.1 Å². The van der Waals surface area contributed by atoms with E-state index in [2.05, 4.69) is 15.2 Å². The van der Waals surface area contributed by atoms with Gasteiger partial charge < -0.3 is 0 Å². The minimum atomic E-state index is -5.88. The summed E-state index contributed by atoms with van der Waals surface area (Å²) in [6.45, 7) is -0.548. The maximum atomic E-state index is 13.4. The van der Waals surface area contributed by atoms with Gasteiger partial charge in [0, 0.05) is 11.8 Å². The maximum Gasteiger partial charge on any atom is 0.455 e. The molecule has 15 heteroatoms. The molecule has 0 saturated carbocycles. The Hall–Kier alpha value is -2.58. The van der Waals surface area contributed by atoms with E-state index in [4.69, 9.17) is 0 Å². The number of aromatic nitrogens is 5. The van der Waals surface area contributed by atoms with Crippen LogP contribution in [0.5, 0.6) is 0 Å². The standard InChI is InChI=1S/C13H7F8N5OS/c1-5-24-26-9(27)7(8(12(16,17)18)23-10(26)28-5)6-2-22-25(3-6)4-11(14,15)13(19,20)21/h2-3H,4H2,1H3. The molecule has 28 heavy (non-hydrogen) atoms. The van der Waals surface area contributed by atoms with Crippen molar-refractivity contribution in [1.29, 1.82) is 0 Å². The third kappa shape index (κ3) is 3.45. The lowest BCUT2D eigenvalue weighted by atomic mass is 10.1. The van der Waals surface area contributed by atoms with E-state index in [0.717, 1.165) is 0 Å². The molecule has 6 nitrogen and oxygen atoms in total. The molecule has 0 aliphatic carbocycles.